The minimum absolute atomic E-state index is 0.747. The van der Waals surface area contributed by atoms with Gasteiger partial charge in [0.25, 0.3) is 0 Å². The topological polar surface area (TPSA) is 47.0 Å². The van der Waals surface area contributed by atoms with Gasteiger partial charge in [0.2, 0.25) is 5.88 Å². The predicted molar refractivity (Wildman–Crippen MR) is 89.2 cm³/mol. The van der Waals surface area contributed by atoms with Crippen LogP contribution < -0.4 is 10.1 Å². The van der Waals surface area contributed by atoms with Gasteiger partial charge in [-0.25, -0.2) is 4.98 Å². The Hall–Kier alpha value is -1.32. The average Bonchev–Trinajstić information content (AvgIpc) is 2.48. The zero-order chi connectivity index (χ0) is 15.5. The zero-order valence-electron chi connectivity index (χ0n) is 14.2. The molecule has 0 atom stereocenters. The van der Waals surface area contributed by atoms with E-state index in [1.54, 1.807) is 0 Å². The maximum absolute atomic E-state index is 5.90. The van der Waals surface area contributed by atoms with E-state index in [2.05, 4.69) is 36.1 Å². The molecular formula is C17H31N3O. The van der Waals surface area contributed by atoms with Crippen LogP contribution in [-0.4, -0.2) is 23.1 Å². The Morgan fingerprint density at radius 1 is 0.952 bits per heavy atom. The molecule has 0 aliphatic heterocycles. The Kier molecular flexibility index (Phi) is 8.79. The molecule has 0 fully saturated rings. The summed E-state index contributed by atoms with van der Waals surface area (Å²) >= 11 is 0. The third-order valence-corrected chi connectivity index (χ3v) is 3.40. The van der Waals surface area contributed by atoms with Gasteiger partial charge in [-0.05, 0) is 26.2 Å². The number of aryl methyl sites for hydroxylation is 1. The molecule has 1 aromatic heterocycles. The quantitative estimate of drug-likeness (QED) is 0.609. The van der Waals surface area contributed by atoms with Crippen LogP contribution >= 0.6 is 0 Å². The van der Waals surface area contributed by atoms with Gasteiger partial charge in [0.15, 0.2) is 0 Å². The first-order chi connectivity index (χ1) is 10.2. The van der Waals surface area contributed by atoms with Crippen molar-refractivity contribution in [2.45, 2.75) is 72.6 Å². The molecule has 1 aromatic rings. The van der Waals surface area contributed by atoms with E-state index in [9.17, 15) is 0 Å². The van der Waals surface area contributed by atoms with Crippen molar-refractivity contribution >= 4 is 5.82 Å². The molecule has 4 nitrogen and oxygen atoms in total. The second-order valence-corrected chi connectivity index (χ2v) is 5.50. The number of nitrogens with one attached hydrogen (secondary N) is 1. The van der Waals surface area contributed by atoms with Gasteiger partial charge < -0.3 is 10.1 Å². The summed E-state index contributed by atoms with van der Waals surface area (Å²) in [7, 11) is 0. The Morgan fingerprint density at radius 2 is 1.76 bits per heavy atom. The summed E-state index contributed by atoms with van der Waals surface area (Å²) in [5.41, 5.74) is 1.03. The van der Waals surface area contributed by atoms with Gasteiger partial charge in [0, 0.05) is 13.0 Å². The van der Waals surface area contributed by atoms with E-state index in [0.29, 0.717) is 0 Å². The van der Waals surface area contributed by atoms with Crippen LogP contribution in [-0.2, 0) is 6.42 Å². The minimum Gasteiger partial charge on any atom is -0.477 e. The molecule has 1 heterocycles. The van der Waals surface area contributed by atoms with E-state index in [1.807, 2.05) is 6.92 Å². The molecule has 1 N–H and O–H groups in total. The highest BCUT2D eigenvalue weighted by Crippen LogP contribution is 2.23. The number of ether oxygens (including phenoxy) is 1. The number of nitrogens with zero attached hydrogens (tertiary/aromatic N) is 2. The van der Waals surface area contributed by atoms with Crippen LogP contribution in [0.25, 0.3) is 0 Å². The standard InChI is InChI=1S/C17H31N3O/c1-5-8-9-10-13-21-17-14(4)16(18-12-7-3)19-15(20-17)11-6-2/h5-13H2,1-4H3,(H,18,19,20). The van der Waals surface area contributed by atoms with Crippen LogP contribution in [0.15, 0.2) is 0 Å². The molecule has 0 bridgehead atoms. The van der Waals surface area contributed by atoms with Crippen molar-refractivity contribution in [2.75, 3.05) is 18.5 Å². The van der Waals surface area contributed by atoms with E-state index < -0.39 is 0 Å². The number of hydrogen-bond donors (Lipinski definition) is 1. The Balaban J connectivity index is 2.72. The lowest BCUT2D eigenvalue weighted by atomic mass is 10.2. The molecule has 0 aliphatic carbocycles. The lowest BCUT2D eigenvalue weighted by molar-refractivity contribution is 0.290. The van der Waals surface area contributed by atoms with Crippen molar-refractivity contribution in [2.24, 2.45) is 0 Å². The largest absolute Gasteiger partial charge is 0.477 e. The van der Waals surface area contributed by atoms with Crippen molar-refractivity contribution in [1.82, 2.24) is 9.97 Å². The van der Waals surface area contributed by atoms with Crippen LogP contribution in [0, 0.1) is 6.92 Å². The van der Waals surface area contributed by atoms with E-state index in [-0.39, 0.29) is 0 Å². The lowest BCUT2D eigenvalue weighted by Gasteiger charge is -2.14. The number of rotatable bonds is 11. The number of anilines is 1. The first-order valence-corrected chi connectivity index (χ1v) is 8.47. The minimum atomic E-state index is 0.747. The first kappa shape index (κ1) is 17.7. The predicted octanol–water partition coefficient (Wildman–Crippen LogP) is 4.52. The molecule has 0 spiro atoms. The molecule has 0 amide bonds. The van der Waals surface area contributed by atoms with E-state index in [4.69, 9.17) is 4.74 Å². The fourth-order valence-corrected chi connectivity index (χ4v) is 2.13. The van der Waals surface area contributed by atoms with Crippen LogP contribution in [0.3, 0.4) is 0 Å². The second kappa shape index (κ2) is 10.4. The van der Waals surface area contributed by atoms with Crippen molar-refractivity contribution in [3.05, 3.63) is 11.4 Å². The Labute approximate surface area is 129 Å². The SMILES string of the molecule is CCCCCCOc1nc(CCC)nc(NCCC)c1C. The summed E-state index contributed by atoms with van der Waals surface area (Å²) < 4.78 is 5.90. The summed E-state index contributed by atoms with van der Waals surface area (Å²) in [5.74, 6) is 2.56. The molecule has 0 aromatic carbocycles. The fraction of sp³-hybridized carbons (Fsp3) is 0.765. The Bertz CT molecular complexity index is 407. The molecule has 0 saturated carbocycles. The highest BCUT2D eigenvalue weighted by Gasteiger charge is 2.11. The van der Waals surface area contributed by atoms with Gasteiger partial charge >= 0.3 is 0 Å². The summed E-state index contributed by atoms with van der Waals surface area (Å²) in [5, 5.41) is 3.38. The lowest BCUT2D eigenvalue weighted by Crippen LogP contribution is -2.10. The summed E-state index contributed by atoms with van der Waals surface area (Å²) in [6.07, 6.45) is 7.87. The first-order valence-electron chi connectivity index (χ1n) is 8.47. The zero-order valence-corrected chi connectivity index (χ0v) is 14.2. The molecule has 0 saturated heterocycles. The summed E-state index contributed by atoms with van der Waals surface area (Å²) in [6, 6.07) is 0. The van der Waals surface area contributed by atoms with Gasteiger partial charge in [0.05, 0.1) is 12.2 Å². The molecular weight excluding hydrogens is 262 g/mol. The van der Waals surface area contributed by atoms with Crippen LogP contribution in [0.1, 0.15) is 70.7 Å². The molecule has 1 rings (SSSR count). The molecule has 21 heavy (non-hydrogen) atoms. The normalized spacial score (nSPS) is 10.7. The number of hydrogen-bond acceptors (Lipinski definition) is 4. The summed E-state index contributed by atoms with van der Waals surface area (Å²) in [4.78, 5) is 9.19. The Morgan fingerprint density at radius 3 is 2.43 bits per heavy atom. The number of aromatic nitrogens is 2. The van der Waals surface area contributed by atoms with E-state index in [0.717, 1.165) is 61.9 Å². The third-order valence-electron chi connectivity index (χ3n) is 3.40. The van der Waals surface area contributed by atoms with E-state index in [1.165, 1.54) is 19.3 Å². The van der Waals surface area contributed by atoms with Gasteiger partial charge in [-0.3, -0.25) is 0 Å². The molecule has 0 aliphatic rings. The van der Waals surface area contributed by atoms with Crippen LogP contribution in [0.2, 0.25) is 0 Å². The van der Waals surface area contributed by atoms with Gasteiger partial charge in [0.1, 0.15) is 11.6 Å². The number of unbranched alkanes of at least 4 members (excludes halogenated alkanes) is 3. The smallest absolute Gasteiger partial charge is 0.221 e. The molecule has 4 heteroatoms. The fourth-order valence-electron chi connectivity index (χ4n) is 2.13. The van der Waals surface area contributed by atoms with Gasteiger partial charge in [-0.15, -0.1) is 0 Å². The maximum Gasteiger partial charge on any atom is 0.221 e. The van der Waals surface area contributed by atoms with Gasteiger partial charge in [-0.2, -0.15) is 4.98 Å². The highest BCUT2D eigenvalue weighted by atomic mass is 16.5. The third kappa shape index (κ3) is 6.32. The molecule has 120 valence electrons. The van der Waals surface area contributed by atoms with Gasteiger partial charge in [-0.1, -0.05) is 40.0 Å². The summed E-state index contributed by atoms with van der Waals surface area (Å²) in [6.45, 7) is 10.2. The van der Waals surface area contributed by atoms with Crippen LogP contribution in [0.4, 0.5) is 5.82 Å². The molecule has 0 unspecified atom stereocenters. The maximum atomic E-state index is 5.90. The highest BCUT2D eigenvalue weighted by molar-refractivity contribution is 5.48. The van der Waals surface area contributed by atoms with Crippen molar-refractivity contribution in [3.63, 3.8) is 0 Å². The van der Waals surface area contributed by atoms with E-state index >= 15 is 0 Å². The van der Waals surface area contributed by atoms with Crippen molar-refractivity contribution < 1.29 is 4.74 Å². The van der Waals surface area contributed by atoms with Crippen molar-refractivity contribution in [1.29, 1.82) is 0 Å². The monoisotopic (exact) mass is 293 g/mol. The average molecular weight is 293 g/mol. The van der Waals surface area contributed by atoms with Crippen LogP contribution in [0.5, 0.6) is 5.88 Å². The molecule has 0 radical (unpaired) electrons. The van der Waals surface area contributed by atoms with Crippen molar-refractivity contribution in [3.8, 4) is 5.88 Å². The second-order valence-electron chi connectivity index (χ2n) is 5.50.